The largest absolute Gasteiger partial charge is 0.416 e. The van der Waals surface area contributed by atoms with E-state index in [-0.39, 0.29) is 11.8 Å². The summed E-state index contributed by atoms with van der Waals surface area (Å²) in [5, 5.41) is 3.24. The molecule has 18 heavy (non-hydrogen) atoms. The van der Waals surface area contributed by atoms with Gasteiger partial charge in [-0.1, -0.05) is 13.3 Å². The minimum atomic E-state index is -4.29. The number of halogens is 3. The quantitative estimate of drug-likeness (QED) is 0.881. The third kappa shape index (κ3) is 2.66. The minimum absolute atomic E-state index is 0.0402. The highest BCUT2D eigenvalue weighted by Crippen LogP contribution is 2.40. The number of nitrogens with zero attached hydrogens (tertiary/aromatic N) is 1. The molecular weight excluding hydrogens is 241 g/mol. The van der Waals surface area contributed by atoms with Crippen molar-refractivity contribution in [3.05, 3.63) is 29.6 Å². The lowest BCUT2D eigenvalue weighted by atomic mass is 9.78. The van der Waals surface area contributed by atoms with Crippen LogP contribution in [-0.2, 0) is 6.18 Å². The molecule has 2 atom stereocenters. The van der Waals surface area contributed by atoms with Crippen molar-refractivity contribution in [3.8, 4) is 0 Å². The van der Waals surface area contributed by atoms with E-state index in [4.69, 9.17) is 0 Å². The van der Waals surface area contributed by atoms with Gasteiger partial charge >= 0.3 is 6.18 Å². The minimum Gasteiger partial charge on any atom is -0.316 e. The predicted octanol–water partition coefficient (Wildman–Crippen LogP) is 3.20. The van der Waals surface area contributed by atoms with Crippen molar-refractivity contribution in [1.82, 2.24) is 10.3 Å². The molecule has 2 heterocycles. The highest BCUT2D eigenvalue weighted by atomic mass is 19.4. The smallest absolute Gasteiger partial charge is 0.316 e. The zero-order chi connectivity index (χ0) is 13.2. The van der Waals surface area contributed by atoms with Crippen LogP contribution in [0.2, 0.25) is 0 Å². The molecule has 1 aliphatic heterocycles. The summed E-state index contributed by atoms with van der Waals surface area (Å²) in [6.07, 6.45) is -0.0611. The van der Waals surface area contributed by atoms with Crippen LogP contribution in [0, 0.1) is 5.92 Å². The van der Waals surface area contributed by atoms with E-state index in [1.807, 2.05) is 6.92 Å². The van der Waals surface area contributed by atoms with Gasteiger partial charge in [0.2, 0.25) is 0 Å². The monoisotopic (exact) mass is 258 g/mol. The average molecular weight is 258 g/mol. The summed E-state index contributed by atoms with van der Waals surface area (Å²) in [5.41, 5.74) is -0.166. The van der Waals surface area contributed by atoms with Gasteiger partial charge in [-0.05, 0) is 43.0 Å². The Kier molecular flexibility index (Phi) is 3.90. The van der Waals surface area contributed by atoms with Crippen LogP contribution in [0.15, 0.2) is 18.5 Å². The molecule has 0 saturated carbocycles. The Morgan fingerprint density at radius 3 is 2.89 bits per heavy atom. The van der Waals surface area contributed by atoms with Gasteiger partial charge in [-0.25, -0.2) is 0 Å². The molecule has 1 aromatic rings. The van der Waals surface area contributed by atoms with Crippen molar-refractivity contribution in [3.63, 3.8) is 0 Å². The Hall–Kier alpha value is -1.10. The van der Waals surface area contributed by atoms with Crippen molar-refractivity contribution < 1.29 is 13.2 Å². The van der Waals surface area contributed by atoms with Crippen molar-refractivity contribution in [1.29, 1.82) is 0 Å². The van der Waals surface area contributed by atoms with E-state index in [1.54, 1.807) is 0 Å². The molecule has 100 valence electrons. The van der Waals surface area contributed by atoms with Gasteiger partial charge < -0.3 is 5.32 Å². The fourth-order valence-electron chi connectivity index (χ4n) is 2.72. The van der Waals surface area contributed by atoms with Crippen molar-refractivity contribution in [2.24, 2.45) is 5.92 Å². The van der Waals surface area contributed by atoms with E-state index in [0.717, 1.165) is 32.0 Å². The molecule has 2 nitrogen and oxygen atoms in total. The molecule has 0 amide bonds. The van der Waals surface area contributed by atoms with Crippen LogP contribution in [0.5, 0.6) is 0 Å². The molecule has 0 aromatic carbocycles. The lowest BCUT2D eigenvalue weighted by molar-refractivity contribution is -0.138. The van der Waals surface area contributed by atoms with Gasteiger partial charge in [-0.2, -0.15) is 13.2 Å². The third-order valence-corrected chi connectivity index (χ3v) is 3.69. The second-order valence-electron chi connectivity index (χ2n) is 4.73. The SMILES string of the molecule is CCC1CNCCC1c1cnccc1C(F)(F)F. The molecule has 1 fully saturated rings. The van der Waals surface area contributed by atoms with Gasteiger partial charge in [0.1, 0.15) is 0 Å². The predicted molar refractivity (Wildman–Crippen MR) is 63.2 cm³/mol. The van der Waals surface area contributed by atoms with Crippen LogP contribution in [0.1, 0.15) is 36.8 Å². The molecule has 2 unspecified atom stereocenters. The molecule has 0 aliphatic carbocycles. The molecule has 1 aliphatic rings. The second kappa shape index (κ2) is 5.26. The lowest BCUT2D eigenvalue weighted by Gasteiger charge is -2.33. The molecule has 1 N–H and O–H groups in total. The van der Waals surface area contributed by atoms with Crippen molar-refractivity contribution in [2.45, 2.75) is 31.9 Å². The zero-order valence-corrected chi connectivity index (χ0v) is 10.3. The Bertz CT molecular complexity index is 403. The molecule has 5 heteroatoms. The van der Waals surface area contributed by atoms with Gasteiger partial charge in [-0.15, -0.1) is 0 Å². The van der Waals surface area contributed by atoms with Crippen LogP contribution < -0.4 is 5.32 Å². The molecule has 2 rings (SSSR count). The van der Waals surface area contributed by atoms with Gasteiger partial charge in [0.25, 0.3) is 0 Å². The van der Waals surface area contributed by atoms with Crippen LogP contribution in [-0.4, -0.2) is 18.1 Å². The summed E-state index contributed by atoms with van der Waals surface area (Å²) < 4.78 is 39.0. The van der Waals surface area contributed by atoms with Crippen LogP contribution in [0.4, 0.5) is 13.2 Å². The number of rotatable bonds is 2. The van der Waals surface area contributed by atoms with Crippen LogP contribution in [0.25, 0.3) is 0 Å². The zero-order valence-electron chi connectivity index (χ0n) is 10.3. The number of alkyl halides is 3. The summed E-state index contributed by atoms with van der Waals surface area (Å²) >= 11 is 0. The number of pyridine rings is 1. The van der Waals surface area contributed by atoms with E-state index in [9.17, 15) is 13.2 Å². The van der Waals surface area contributed by atoms with E-state index < -0.39 is 11.7 Å². The third-order valence-electron chi connectivity index (χ3n) is 3.69. The van der Waals surface area contributed by atoms with Crippen LogP contribution in [0.3, 0.4) is 0 Å². The van der Waals surface area contributed by atoms with E-state index in [2.05, 4.69) is 10.3 Å². The second-order valence-corrected chi connectivity index (χ2v) is 4.73. The molecular formula is C13H17F3N2. The Morgan fingerprint density at radius 2 is 2.22 bits per heavy atom. The first-order valence-electron chi connectivity index (χ1n) is 6.25. The number of nitrogens with one attached hydrogen (secondary N) is 1. The fraction of sp³-hybridized carbons (Fsp3) is 0.615. The highest BCUT2D eigenvalue weighted by molar-refractivity contribution is 5.30. The molecule has 0 bridgehead atoms. The van der Waals surface area contributed by atoms with Crippen LogP contribution >= 0.6 is 0 Å². The Labute approximate surface area is 105 Å². The topological polar surface area (TPSA) is 24.9 Å². The normalized spacial score (nSPS) is 25.1. The number of piperidine rings is 1. The molecule has 1 saturated heterocycles. The van der Waals surface area contributed by atoms with E-state index in [1.165, 1.54) is 12.4 Å². The average Bonchev–Trinajstić information content (AvgIpc) is 2.37. The first-order chi connectivity index (χ1) is 8.54. The standard InChI is InChI=1S/C13H17F3N2/c1-2-9-7-17-5-3-10(9)11-8-18-6-4-12(11)13(14,15)16/h4,6,8-10,17H,2-3,5,7H2,1H3. The van der Waals surface area contributed by atoms with Gasteiger partial charge in [0.15, 0.2) is 0 Å². The lowest BCUT2D eigenvalue weighted by Crippen LogP contribution is -2.35. The summed E-state index contributed by atoms with van der Waals surface area (Å²) in [4.78, 5) is 3.88. The maximum absolute atomic E-state index is 13.0. The van der Waals surface area contributed by atoms with E-state index >= 15 is 0 Å². The number of hydrogen-bond donors (Lipinski definition) is 1. The molecule has 0 spiro atoms. The maximum Gasteiger partial charge on any atom is 0.416 e. The summed E-state index contributed by atoms with van der Waals surface area (Å²) in [6.45, 7) is 3.58. The van der Waals surface area contributed by atoms with Gasteiger partial charge in [-0.3, -0.25) is 4.98 Å². The molecule has 0 radical (unpaired) electrons. The van der Waals surface area contributed by atoms with E-state index in [0.29, 0.717) is 5.56 Å². The first kappa shape index (κ1) is 13.3. The van der Waals surface area contributed by atoms with Crippen molar-refractivity contribution in [2.75, 3.05) is 13.1 Å². The van der Waals surface area contributed by atoms with Gasteiger partial charge in [0, 0.05) is 12.4 Å². The fourth-order valence-corrected chi connectivity index (χ4v) is 2.72. The summed E-state index contributed by atoms with van der Waals surface area (Å²) in [5.74, 6) is 0.214. The Morgan fingerprint density at radius 1 is 1.44 bits per heavy atom. The maximum atomic E-state index is 13.0. The molecule has 1 aromatic heterocycles. The van der Waals surface area contributed by atoms with Crippen molar-refractivity contribution >= 4 is 0 Å². The summed E-state index contributed by atoms with van der Waals surface area (Å²) in [6, 6.07) is 1.09. The summed E-state index contributed by atoms with van der Waals surface area (Å²) in [7, 11) is 0. The highest BCUT2D eigenvalue weighted by Gasteiger charge is 2.37. The number of hydrogen-bond acceptors (Lipinski definition) is 2. The first-order valence-corrected chi connectivity index (χ1v) is 6.25. The van der Waals surface area contributed by atoms with Gasteiger partial charge in [0.05, 0.1) is 5.56 Å². The Balaban J connectivity index is 2.37. The number of aromatic nitrogens is 1.